The lowest BCUT2D eigenvalue weighted by Gasteiger charge is -2.28. The summed E-state index contributed by atoms with van der Waals surface area (Å²) in [5.74, 6) is 0.00857. The highest BCUT2D eigenvalue weighted by Gasteiger charge is 2.22. The number of benzene rings is 3. The Kier molecular flexibility index (Phi) is 9.55. The van der Waals surface area contributed by atoms with Crippen molar-refractivity contribution in [3.8, 4) is 11.4 Å². The number of amides is 1. The Morgan fingerprint density at radius 3 is 2.52 bits per heavy atom. The number of carbonyl (C=O) groups excluding carboxylic acids is 1. The Bertz CT molecular complexity index is 1790. The number of aliphatic hydroxyl groups excluding tert-OH is 2. The summed E-state index contributed by atoms with van der Waals surface area (Å²) in [6, 6.07) is 22.8. The molecule has 5 aromatic rings. The van der Waals surface area contributed by atoms with E-state index in [1.807, 2.05) is 60.7 Å². The van der Waals surface area contributed by atoms with Gasteiger partial charge in [0.1, 0.15) is 11.3 Å². The van der Waals surface area contributed by atoms with E-state index >= 15 is 0 Å². The molecule has 0 bridgehead atoms. The average Bonchev–Trinajstić information content (AvgIpc) is 3.54. The summed E-state index contributed by atoms with van der Waals surface area (Å²) in [4.78, 5) is 27.5. The molecule has 1 amide bonds. The molecule has 7 N–H and O–H groups in total. The topological polar surface area (TPSA) is 162 Å². The maximum atomic E-state index is 12.6. The fourth-order valence-corrected chi connectivity index (χ4v) is 5.92. The number of pyridine rings is 1. The van der Waals surface area contributed by atoms with Crippen molar-refractivity contribution in [1.82, 2.24) is 20.3 Å². The smallest absolute Gasteiger partial charge is 0.252 e. The van der Waals surface area contributed by atoms with Gasteiger partial charge >= 0.3 is 0 Å². The zero-order valence-electron chi connectivity index (χ0n) is 25.7. The molecule has 11 heteroatoms. The number of aromatic nitrogens is 3. The van der Waals surface area contributed by atoms with E-state index in [2.05, 4.69) is 44.6 Å². The number of nitrogens with one attached hydrogen (secondary N) is 3. The molecule has 1 fully saturated rings. The maximum Gasteiger partial charge on any atom is 0.252 e. The Balaban J connectivity index is 1.28. The number of imidazole rings is 1. The number of primary amides is 1. The van der Waals surface area contributed by atoms with Crippen LogP contribution in [0.1, 0.15) is 40.1 Å². The maximum absolute atomic E-state index is 12.6. The normalized spacial score (nSPS) is 14.7. The number of aliphatic hydroxyl groups is 2. The Morgan fingerprint density at radius 2 is 1.83 bits per heavy atom. The summed E-state index contributed by atoms with van der Waals surface area (Å²) in [6.07, 6.45) is 1.28. The van der Waals surface area contributed by atoms with Crippen molar-refractivity contribution >= 4 is 34.1 Å². The molecular formula is C35H39N7O4. The van der Waals surface area contributed by atoms with Crippen LogP contribution in [0.2, 0.25) is 0 Å². The van der Waals surface area contributed by atoms with Gasteiger partial charge in [0.15, 0.2) is 5.65 Å². The predicted octanol–water partition coefficient (Wildman–Crippen LogP) is 4.05. The van der Waals surface area contributed by atoms with E-state index in [9.17, 15) is 15.0 Å². The van der Waals surface area contributed by atoms with Crippen LogP contribution in [-0.2, 0) is 17.7 Å². The monoisotopic (exact) mass is 621 g/mol. The Morgan fingerprint density at radius 1 is 1.07 bits per heavy atom. The van der Waals surface area contributed by atoms with E-state index in [0.29, 0.717) is 48.9 Å². The molecule has 3 heterocycles. The minimum atomic E-state index is -0.870. The third kappa shape index (κ3) is 6.58. The first kappa shape index (κ1) is 31.2. The molecule has 1 saturated heterocycles. The number of carbonyl (C=O) groups is 1. The molecule has 238 valence electrons. The molecule has 46 heavy (non-hydrogen) atoms. The van der Waals surface area contributed by atoms with Gasteiger partial charge in [-0.2, -0.15) is 0 Å². The largest absolute Gasteiger partial charge is 0.395 e. The number of hydrogen-bond acceptors (Lipinski definition) is 9. The van der Waals surface area contributed by atoms with Gasteiger partial charge in [-0.05, 0) is 53.4 Å². The lowest BCUT2D eigenvalue weighted by molar-refractivity contribution is 0.0891. The van der Waals surface area contributed by atoms with Gasteiger partial charge in [0.25, 0.3) is 5.91 Å². The summed E-state index contributed by atoms with van der Waals surface area (Å²) in [5.41, 5.74) is 13.1. The van der Waals surface area contributed by atoms with Gasteiger partial charge in [-0.1, -0.05) is 49.4 Å². The molecule has 0 radical (unpaired) electrons. The standard InChI is InChI=1S/C35H39N7O4/c1-2-26-24(19-37-29(21-43)32(44)22-7-4-3-5-8-22)9-6-10-28(26)39-30-27(33(36)45)20-38-35-31(30)40-34(41-35)23-11-13-25(14-12-23)42-15-17-46-18-16-42/h3-14,20,29,32,37,43-44H,2,15-19,21H2,1H3,(H2,36,45)(H2,38,39,40,41)/t29-,32+/m1/s1. The number of hydrogen-bond donors (Lipinski definition) is 6. The van der Waals surface area contributed by atoms with Crippen LogP contribution in [0.15, 0.2) is 79.0 Å². The van der Waals surface area contributed by atoms with Crippen LogP contribution in [0.25, 0.3) is 22.6 Å². The molecule has 3 aromatic carbocycles. The Hall–Kier alpha value is -4.81. The number of morpholine rings is 1. The van der Waals surface area contributed by atoms with Crippen LogP contribution in [0.5, 0.6) is 0 Å². The zero-order chi connectivity index (χ0) is 32.0. The number of fused-ring (bicyclic) bond motifs is 1. The van der Waals surface area contributed by atoms with Gasteiger partial charge in [-0.15, -0.1) is 0 Å². The second-order valence-electron chi connectivity index (χ2n) is 11.3. The molecule has 0 saturated carbocycles. The third-order valence-electron chi connectivity index (χ3n) is 8.46. The van der Waals surface area contributed by atoms with Crippen LogP contribution < -0.4 is 21.3 Å². The van der Waals surface area contributed by atoms with Crippen LogP contribution in [0, 0.1) is 0 Å². The number of H-pyrrole nitrogens is 1. The second-order valence-corrected chi connectivity index (χ2v) is 11.3. The highest BCUT2D eigenvalue weighted by atomic mass is 16.5. The number of nitrogens with zero attached hydrogens (tertiary/aromatic N) is 3. The summed E-state index contributed by atoms with van der Waals surface area (Å²) in [5, 5.41) is 27.7. The Labute approximate surface area is 267 Å². The van der Waals surface area contributed by atoms with E-state index < -0.39 is 18.1 Å². The summed E-state index contributed by atoms with van der Waals surface area (Å²) in [6.45, 7) is 5.38. The second kappa shape index (κ2) is 14.1. The van der Waals surface area contributed by atoms with Crippen LogP contribution in [0.3, 0.4) is 0 Å². The first-order chi connectivity index (χ1) is 22.5. The van der Waals surface area contributed by atoms with Gasteiger partial charge in [0, 0.05) is 42.8 Å². The number of ether oxygens (including phenoxy) is 1. The quantitative estimate of drug-likeness (QED) is 0.121. The first-order valence-electron chi connectivity index (χ1n) is 15.5. The lowest BCUT2D eigenvalue weighted by Crippen LogP contribution is -2.37. The van der Waals surface area contributed by atoms with Crippen molar-refractivity contribution in [3.05, 3.63) is 101 Å². The number of nitrogens with two attached hydrogens (primary N) is 1. The molecule has 1 aliphatic rings. The fourth-order valence-electron chi connectivity index (χ4n) is 5.92. The van der Waals surface area contributed by atoms with Crippen molar-refractivity contribution in [3.63, 3.8) is 0 Å². The zero-order valence-corrected chi connectivity index (χ0v) is 25.7. The van der Waals surface area contributed by atoms with Crippen molar-refractivity contribution in [1.29, 1.82) is 0 Å². The molecule has 11 nitrogen and oxygen atoms in total. The van der Waals surface area contributed by atoms with Gasteiger partial charge in [0.05, 0.1) is 43.2 Å². The summed E-state index contributed by atoms with van der Waals surface area (Å²) >= 11 is 0. The fraction of sp³-hybridized carbons (Fsp3) is 0.286. The number of anilines is 3. The minimum absolute atomic E-state index is 0.227. The molecule has 0 aliphatic carbocycles. The van der Waals surface area contributed by atoms with Crippen LogP contribution in [0.4, 0.5) is 17.1 Å². The lowest BCUT2D eigenvalue weighted by atomic mass is 10.00. The molecule has 2 atom stereocenters. The molecule has 0 spiro atoms. The molecular weight excluding hydrogens is 582 g/mol. The van der Waals surface area contributed by atoms with Crippen molar-refractivity contribution in [2.75, 3.05) is 43.1 Å². The van der Waals surface area contributed by atoms with Gasteiger partial charge in [-0.3, -0.25) is 4.79 Å². The molecule has 0 unspecified atom stereocenters. The van der Waals surface area contributed by atoms with Crippen LogP contribution in [-0.4, -0.2) is 70.0 Å². The highest BCUT2D eigenvalue weighted by Crippen LogP contribution is 2.33. The van der Waals surface area contributed by atoms with E-state index in [1.54, 1.807) is 0 Å². The van der Waals surface area contributed by atoms with Crippen LogP contribution >= 0.6 is 0 Å². The van der Waals surface area contributed by atoms with Crippen molar-refractivity contribution < 1.29 is 19.7 Å². The number of rotatable bonds is 12. The number of aromatic amines is 1. The SMILES string of the molecule is CCc1c(CN[C@H](CO)[C@@H](O)c2ccccc2)cccc1Nc1c(C(N)=O)cnc2[nH]c(-c3ccc(N4CCOCC4)cc3)nc12. The molecule has 6 rings (SSSR count). The van der Waals surface area contributed by atoms with Gasteiger partial charge in [-0.25, -0.2) is 9.97 Å². The van der Waals surface area contributed by atoms with E-state index in [1.165, 1.54) is 6.20 Å². The first-order valence-corrected chi connectivity index (χ1v) is 15.5. The average molecular weight is 622 g/mol. The van der Waals surface area contributed by atoms with E-state index in [0.717, 1.165) is 46.7 Å². The highest BCUT2D eigenvalue weighted by molar-refractivity contribution is 6.06. The minimum Gasteiger partial charge on any atom is -0.395 e. The van der Waals surface area contributed by atoms with Crippen molar-refractivity contribution in [2.45, 2.75) is 32.0 Å². The van der Waals surface area contributed by atoms with Gasteiger partial charge in [0.2, 0.25) is 0 Å². The predicted molar refractivity (Wildman–Crippen MR) is 179 cm³/mol. The van der Waals surface area contributed by atoms with Gasteiger partial charge < -0.3 is 41.2 Å². The summed E-state index contributed by atoms with van der Waals surface area (Å²) < 4.78 is 5.48. The summed E-state index contributed by atoms with van der Waals surface area (Å²) in [7, 11) is 0. The van der Waals surface area contributed by atoms with E-state index in [4.69, 9.17) is 15.5 Å². The van der Waals surface area contributed by atoms with Crippen molar-refractivity contribution in [2.24, 2.45) is 5.73 Å². The molecule has 2 aromatic heterocycles. The third-order valence-corrected chi connectivity index (χ3v) is 8.46. The van der Waals surface area contributed by atoms with E-state index in [-0.39, 0.29) is 12.2 Å². The molecule has 1 aliphatic heterocycles.